The number of carbonyl (C=O) groups is 3. The Kier molecular flexibility index (Phi) is 10.1. The molecule has 0 aromatic heterocycles. The lowest BCUT2D eigenvalue weighted by atomic mass is 9.68. The van der Waals surface area contributed by atoms with Crippen molar-refractivity contribution >= 4 is 23.9 Å². The fraction of sp³-hybridized carbons (Fsp3) is 0.552. The number of aliphatic carboxylic acids is 1. The smallest absolute Gasteiger partial charge is 0.303 e. The number of allylic oxidation sites excluding steroid dienone is 2. The molecule has 0 bridgehead atoms. The van der Waals surface area contributed by atoms with Crippen molar-refractivity contribution in [3.63, 3.8) is 0 Å². The number of carboxylic acid groups (broad SMARTS) is 1. The Hall–Kier alpha value is -2.97. The van der Waals surface area contributed by atoms with Gasteiger partial charge < -0.3 is 20.4 Å². The number of carbonyl (C=O) groups excluding carboxylic acids is 2. The standard InChI is InChI=1S/C29H39NO7/c1-3-19(15-20-8-7-9-21(32)16-20)11-12-24(33)26-18(2)14-22-27(23(26)17-31)29(37)30(28(22)36)13-6-4-5-10-25(34)35/h7-9,15-16,22-24,27,31-33H,3-6,10-14,17H2,1-2H3,(H,34,35)/b19-15+/t22-,23+,24-,27-/m1/s1. The van der Waals surface area contributed by atoms with Crippen LogP contribution in [0.1, 0.15) is 70.8 Å². The van der Waals surface area contributed by atoms with Gasteiger partial charge in [-0.05, 0) is 68.7 Å². The average Bonchev–Trinajstić information content (AvgIpc) is 3.09. The maximum Gasteiger partial charge on any atom is 0.303 e. The molecule has 1 aliphatic heterocycles. The van der Waals surface area contributed by atoms with Gasteiger partial charge in [-0.1, -0.05) is 42.7 Å². The lowest BCUT2D eigenvalue weighted by molar-refractivity contribution is -0.141. The number of aromatic hydroxyl groups is 1. The minimum Gasteiger partial charge on any atom is -0.508 e. The Bertz CT molecular complexity index is 1060. The van der Waals surface area contributed by atoms with Gasteiger partial charge in [0.15, 0.2) is 0 Å². The second-order valence-corrected chi connectivity index (χ2v) is 10.2. The number of hydrogen-bond donors (Lipinski definition) is 4. The lowest BCUT2D eigenvalue weighted by Gasteiger charge is -2.35. The molecule has 8 heteroatoms. The molecule has 1 heterocycles. The molecule has 202 valence electrons. The number of likely N-dealkylation sites (tertiary alicyclic amines) is 1. The molecule has 0 unspecified atom stereocenters. The Morgan fingerprint density at radius 1 is 1.16 bits per heavy atom. The second kappa shape index (κ2) is 13.0. The summed E-state index contributed by atoms with van der Waals surface area (Å²) in [5.41, 5.74) is 3.51. The van der Waals surface area contributed by atoms with Crippen molar-refractivity contribution < 1.29 is 34.8 Å². The lowest BCUT2D eigenvalue weighted by Crippen LogP contribution is -2.39. The molecule has 3 rings (SSSR count). The van der Waals surface area contributed by atoms with Gasteiger partial charge in [0, 0.05) is 18.9 Å². The maximum atomic E-state index is 13.3. The highest BCUT2D eigenvalue weighted by molar-refractivity contribution is 6.05. The van der Waals surface area contributed by atoms with E-state index in [4.69, 9.17) is 5.11 Å². The molecule has 2 aliphatic rings. The van der Waals surface area contributed by atoms with E-state index in [1.807, 2.05) is 26.0 Å². The first-order valence-corrected chi connectivity index (χ1v) is 13.2. The molecule has 1 aromatic carbocycles. The normalized spacial score (nSPS) is 23.0. The van der Waals surface area contributed by atoms with E-state index in [9.17, 15) is 29.7 Å². The van der Waals surface area contributed by atoms with E-state index in [-0.39, 0.29) is 37.1 Å². The van der Waals surface area contributed by atoms with Crippen LogP contribution in [0.5, 0.6) is 5.75 Å². The van der Waals surface area contributed by atoms with Crippen LogP contribution in [0.25, 0.3) is 6.08 Å². The van der Waals surface area contributed by atoms with Crippen molar-refractivity contribution in [1.29, 1.82) is 0 Å². The Morgan fingerprint density at radius 3 is 2.57 bits per heavy atom. The van der Waals surface area contributed by atoms with Crippen LogP contribution in [0.4, 0.5) is 0 Å². The number of imide groups is 1. The van der Waals surface area contributed by atoms with E-state index < -0.39 is 29.8 Å². The number of nitrogens with zero attached hydrogens (tertiary/aromatic N) is 1. The van der Waals surface area contributed by atoms with Gasteiger partial charge in [0.1, 0.15) is 5.75 Å². The molecule has 1 saturated heterocycles. The first-order chi connectivity index (χ1) is 17.7. The summed E-state index contributed by atoms with van der Waals surface area (Å²) >= 11 is 0. The van der Waals surface area contributed by atoms with Crippen LogP contribution < -0.4 is 0 Å². The molecule has 1 aromatic rings. The quantitative estimate of drug-likeness (QED) is 0.178. The van der Waals surface area contributed by atoms with Gasteiger partial charge in [0.05, 0.1) is 24.5 Å². The minimum absolute atomic E-state index is 0.0623. The van der Waals surface area contributed by atoms with Gasteiger partial charge in [0.25, 0.3) is 0 Å². The van der Waals surface area contributed by atoms with E-state index >= 15 is 0 Å². The number of benzene rings is 1. The van der Waals surface area contributed by atoms with Gasteiger partial charge in [-0.25, -0.2) is 0 Å². The number of rotatable bonds is 13. The molecular weight excluding hydrogens is 474 g/mol. The van der Waals surface area contributed by atoms with Crippen LogP contribution in [0.2, 0.25) is 0 Å². The summed E-state index contributed by atoms with van der Waals surface area (Å²) in [6, 6.07) is 6.98. The second-order valence-electron chi connectivity index (χ2n) is 10.2. The molecule has 4 atom stereocenters. The third-order valence-electron chi connectivity index (χ3n) is 7.68. The third kappa shape index (κ3) is 6.87. The summed E-state index contributed by atoms with van der Waals surface area (Å²) < 4.78 is 0. The highest BCUT2D eigenvalue weighted by atomic mass is 16.4. The van der Waals surface area contributed by atoms with Gasteiger partial charge >= 0.3 is 5.97 Å². The van der Waals surface area contributed by atoms with Crippen molar-refractivity contribution in [2.75, 3.05) is 13.2 Å². The number of aliphatic hydroxyl groups excluding tert-OH is 2. The first-order valence-electron chi connectivity index (χ1n) is 13.2. The molecule has 0 saturated carbocycles. The van der Waals surface area contributed by atoms with E-state index in [1.54, 1.807) is 18.2 Å². The van der Waals surface area contributed by atoms with Crippen molar-refractivity contribution in [3.05, 3.63) is 46.5 Å². The van der Waals surface area contributed by atoms with Crippen molar-refractivity contribution in [1.82, 2.24) is 4.90 Å². The Labute approximate surface area is 218 Å². The Balaban J connectivity index is 1.68. The zero-order valence-electron chi connectivity index (χ0n) is 21.7. The SMILES string of the molecule is CC/C(=C\c1cccc(O)c1)CC[C@@H](O)C1=C(C)C[C@H]2C(=O)N(CCCCCC(=O)O)C(=O)[C@H]2[C@H]1CO. The minimum atomic E-state index is -0.862. The van der Waals surface area contributed by atoms with Crippen LogP contribution in [-0.4, -0.2) is 62.4 Å². The number of phenols is 1. The molecule has 0 spiro atoms. The van der Waals surface area contributed by atoms with Gasteiger partial charge in [-0.2, -0.15) is 0 Å². The molecule has 2 amide bonds. The molecular formula is C29H39NO7. The number of hydrogen-bond acceptors (Lipinski definition) is 6. The van der Waals surface area contributed by atoms with Crippen LogP contribution in [0.15, 0.2) is 41.0 Å². The van der Waals surface area contributed by atoms with Crippen molar-refractivity contribution in [2.45, 2.75) is 71.3 Å². The summed E-state index contributed by atoms with van der Waals surface area (Å²) in [5, 5.41) is 40.0. The molecule has 1 fully saturated rings. The zero-order valence-corrected chi connectivity index (χ0v) is 21.7. The predicted octanol–water partition coefficient (Wildman–Crippen LogP) is 3.90. The third-order valence-corrected chi connectivity index (χ3v) is 7.68. The van der Waals surface area contributed by atoms with Gasteiger partial charge in [-0.15, -0.1) is 0 Å². The molecule has 4 N–H and O–H groups in total. The van der Waals surface area contributed by atoms with Crippen LogP contribution >= 0.6 is 0 Å². The maximum absolute atomic E-state index is 13.3. The summed E-state index contributed by atoms with van der Waals surface area (Å²) in [4.78, 5) is 38.3. The molecule has 37 heavy (non-hydrogen) atoms. The number of aliphatic hydroxyl groups is 2. The highest BCUT2D eigenvalue weighted by Gasteiger charge is 2.54. The number of carboxylic acids is 1. The summed E-state index contributed by atoms with van der Waals surface area (Å²) in [6.45, 7) is 3.83. The number of unbranched alkanes of at least 4 members (excludes halogenated alkanes) is 2. The first kappa shape index (κ1) is 28.6. The molecule has 8 nitrogen and oxygen atoms in total. The number of amides is 2. The fourth-order valence-electron chi connectivity index (χ4n) is 5.80. The molecule has 1 aliphatic carbocycles. The fourth-order valence-corrected chi connectivity index (χ4v) is 5.80. The average molecular weight is 514 g/mol. The van der Waals surface area contributed by atoms with Gasteiger partial charge in [-0.3, -0.25) is 19.3 Å². The summed E-state index contributed by atoms with van der Waals surface area (Å²) in [6.07, 6.45) is 5.07. The van der Waals surface area contributed by atoms with E-state index in [0.29, 0.717) is 44.1 Å². The van der Waals surface area contributed by atoms with Gasteiger partial charge in [0.2, 0.25) is 11.8 Å². The highest BCUT2D eigenvalue weighted by Crippen LogP contribution is 2.46. The summed E-state index contributed by atoms with van der Waals surface area (Å²) in [5.74, 6) is -3.03. The van der Waals surface area contributed by atoms with Crippen molar-refractivity contribution in [3.8, 4) is 5.75 Å². The number of fused-ring (bicyclic) bond motifs is 1. The van der Waals surface area contributed by atoms with Crippen molar-refractivity contribution in [2.24, 2.45) is 17.8 Å². The van der Waals surface area contributed by atoms with Crippen LogP contribution in [-0.2, 0) is 14.4 Å². The Morgan fingerprint density at radius 2 is 1.92 bits per heavy atom. The largest absolute Gasteiger partial charge is 0.508 e. The van der Waals surface area contributed by atoms with Crippen LogP contribution in [0, 0.1) is 17.8 Å². The van der Waals surface area contributed by atoms with E-state index in [2.05, 4.69) is 0 Å². The monoisotopic (exact) mass is 513 g/mol. The summed E-state index contributed by atoms with van der Waals surface area (Å²) in [7, 11) is 0. The van der Waals surface area contributed by atoms with E-state index in [0.717, 1.165) is 23.1 Å². The molecule has 0 radical (unpaired) electrons. The topological polar surface area (TPSA) is 135 Å². The van der Waals surface area contributed by atoms with E-state index in [1.165, 1.54) is 4.90 Å². The number of phenolic OH excluding ortho intramolecular Hbond substituents is 1. The van der Waals surface area contributed by atoms with Crippen LogP contribution in [0.3, 0.4) is 0 Å². The predicted molar refractivity (Wildman–Crippen MR) is 139 cm³/mol. The zero-order chi connectivity index (χ0) is 27.1.